The number of nitrogen functional groups attached to an aromatic ring is 1. The number of amides is 1. The molecule has 104 valence electrons. The SMILES string of the molecule is COc1cc(NC(=O)c2cccc(F)c2N)ccc1Cl. The maximum absolute atomic E-state index is 13.3. The van der Waals surface area contributed by atoms with Crippen LogP contribution in [0.3, 0.4) is 0 Å². The van der Waals surface area contributed by atoms with Gasteiger partial charge in [-0.25, -0.2) is 4.39 Å². The molecule has 2 rings (SSSR count). The second kappa shape index (κ2) is 5.79. The van der Waals surface area contributed by atoms with Gasteiger partial charge in [-0.2, -0.15) is 0 Å². The molecule has 6 heteroatoms. The molecule has 2 aromatic carbocycles. The number of rotatable bonds is 3. The molecule has 0 aliphatic heterocycles. The highest BCUT2D eigenvalue weighted by Gasteiger charge is 2.13. The summed E-state index contributed by atoms with van der Waals surface area (Å²) in [5.74, 6) is -0.714. The quantitative estimate of drug-likeness (QED) is 0.854. The molecule has 0 saturated carbocycles. The lowest BCUT2D eigenvalue weighted by Gasteiger charge is -2.10. The lowest BCUT2D eigenvalue weighted by molar-refractivity contribution is 0.102. The molecule has 0 atom stereocenters. The zero-order valence-corrected chi connectivity index (χ0v) is 11.4. The fraction of sp³-hybridized carbons (Fsp3) is 0.0714. The predicted octanol–water partition coefficient (Wildman–Crippen LogP) is 3.32. The number of ether oxygens (including phenoxy) is 1. The molecule has 0 aliphatic carbocycles. The first-order valence-electron chi connectivity index (χ1n) is 5.72. The molecule has 0 unspecified atom stereocenters. The van der Waals surface area contributed by atoms with Crippen molar-refractivity contribution in [2.45, 2.75) is 0 Å². The molecule has 0 radical (unpaired) electrons. The van der Waals surface area contributed by atoms with Crippen molar-refractivity contribution in [1.29, 1.82) is 0 Å². The van der Waals surface area contributed by atoms with Crippen molar-refractivity contribution < 1.29 is 13.9 Å². The first-order chi connectivity index (χ1) is 9.52. The lowest BCUT2D eigenvalue weighted by Crippen LogP contribution is -2.14. The summed E-state index contributed by atoms with van der Waals surface area (Å²) < 4.78 is 18.4. The number of halogens is 2. The van der Waals surface area contributed by atoms with Gasteiger partial charge in [-0.3, -0.25) is 4.79 Å². The van der Waals surface area contributed by atoms with E-state index in [9.17, 15) is 9.18 Å². The number of carbonyl (C=O) groups is 1. The lowest BCUT2D eigenvalue weighted by atomic mass is 10.1. The van der Waals surface area contributed by atoms with Crippen molar-refractivity contribution in [3.8, 4) is 5.75 Å². The number of benzene rings is 2. The summed E-state index contributed by atoms with van der Waals surface area (Å²) in [5, 5.41) is 3.03. The molecule has 0 bridgehead atoms. The maximum atomic E-state index is 13.3. The molecule has 0 aromatic heterocycles. The van der Waals surface area contributed by atoms with E-state index >= 15 is 0 Å². The minimum atomic E-state index is -0.633. The molecule has 1 amide bonds. The molecule has 3 N–H and O–H groups in total. The van der Waals surface area contributed by atoms with E-state index in [-0.39, 0.29) is 11.3 Å². The van der Waals surface area contributed by atoms with Gasteiger partial charge in [0.2, 0.25) is 0 Å². The van der Waals surface area contributed by atoms with Gasteiger partial charge in [0.05, 0.1) is 23.4 Å². The molecule has 0 heterocycles. The number of nitrogens with one attached hydrogen (secondary N) is 1. The Morgan fingerprint density at radius 2 is 2.10 bits per heavy atom. The first kappa shape index (κ1) is 14.1. The Morgan fingerprint density at radius 1 is 1.35 bits per heavy atom. The van der Waals surface area contributed by atoms with Crippen molar-refractivity contribution in [1.82, 2.24) is 0 Å². The summed E-state index contributed by atoms with van der Waals surface area (Å²) in [4.78, 5) is 12.0. The summed E-state index contributed by atoms with van der Waals surface area (Å²) in [5.41, 5.74) is 5.89. The fourth-order valence-electron chi connectivity index (χ4n) is 1.67. The summed E-state index contributed by atoms with van der Waals surface area (Å²) >= 11 is 5.89. The van der Waals surface area contributed by atoms with Crippen LogP contribution in [-0.4, -0.2) is 13.0 Å². The molecular formula is C14H12ClFN2O2. The summed E-state index contributed by atoms with van der Waals surface area (Å²) in [6.45, 7) is 0. The Bertz CT molecular complexity index is 662. The Labute approximate surface area is 120 Å². The second-order valence-corrected chi connectivity index (χ2v) is 4.41. The van der Waals surface area contributed by atoms with Gasteiger partial charge in [0.25, 0.3) is 5.91 Å². The van der Waals surface area contributed by atoms with E-state index in [1.165, 1.54) is 25.3 Å². The first-order valence-corrected chi connectivity index (χ1v) is 6.09. The van der Waals surface area contributed by atoms with E-state index in [0.29, 0.717) is 16.5 Å². The second-order valence-electron chi connectivity index (χ2n) is 4.00. The number of para-hydroxylation sites is 1. The minimum Gasteiger partial charge on any atom is -0.495 e. The molecular weight excluding hydrogens is 283 g/mol. The fourth-order valence-corrected chi connectivity index (χ4v) is 1.87. The molecule has 20 heavy (non-hydrogen) atoms. The van der Waals surface area contributed by atoms with Crippen LogP contribution in [0.2, 0.25) is 5.02 Å². The average Bonchev–Trinajstić information content (AvgIpc) is 2.43. The molecule has 0 saturated heterocycles. The Morgan fingerprint density at radius 3 is 2.80 bits per heavy atom. The van der Waals surface area contributed by atoms with Crippen molar-refractivity contribution >= 4 is 28.9 Å². The van der Waals surface area contributed by atoms with Crippen LogP contribution >= 0.6 is 11.6 Å². The number of methoxy groups -OCH3 is 1. The maximum Gasteiger partial charge on any atom is 0.257 e. The minimum absolute atomic E-state index is 0.0684. The van der Waals surface area contributed by atoms with Gasteiger partial charge < -0.3 is 15.8 Å². The van der Waals surface area contributed by atoms with Crippen molar-refractivity contribution in [2.24, 2.45) is 0 Å². The Hall–Kier alpha value is -2.27. The number of carbonyl (C=O) groups excluding carboxylic acids is 1. The number of hydrogen-bond acceptors (Lipinski definition) is 3. The van der Waals surface area contributed by atoms with E-state index in [4.69, 9.17) is 22.1 Å². The van der Waals surface area contributed by atoms with Gasteiger partial charge in [0, 0.05) is 11.8 Å². The molecule has 0 spiro atoms. The number of anilines is 2. The predicted molar refractivity (Wildman–Crippen MR) is 76.8 cm³/mol. The third-order valence-corrected chi connectivity index (χ3v) is 3.02. The number of hydrogen-bond donors (Lipinski definition) is 2. The van der Waals surface area contributed by atoms with Crippen LogP contribution in [-0.2, 0) is 0 Å². The van der Waals surface area contributed by atoms with Crippen LogP contribution in [0, 0.1) is 5.82 Å². The van der Waals surface area contributed by atoms with Gasteiger partial charge in [0.15, 0.2) is 0 Å². The van der Waals surface area contributed by atoms with Gasteiger partial charge in [0.1, 0.15) is 11.6 Å². The highest BCUT2D eigenvalue weighted by Crippen LogP contribution is 2.28. The van der Waals surface area contributed by atoms with Crippen LogP contribution in [0.1, 0.15) is 10.4 Å². The summed E-state index contributed by atoms with van der Waals surface area (Å²) in [6, 6.07) is 8.82. The largest absolute Gasteiger partial charge is 0.495 e. The van der Waals surface area contributed by atoms with E-state index in [1.54, 1.807) is 18.2 Å². The third-order valence-electron chi connectivity index (χ3n) is 2.71. The van der Waals surface area contributed by atoms with Crippen molar-refractivity contribution in [3.63, 3.8) is 0 Å². The highest BCUT2D eigenvalue weighted by molar-refractivity contribution is 6.32. The standard InChI is InChI=1S/C14H12ClFN2O2/c1-20-12-7-8(5-6-10(12)15)18-14(19)9-3-2-4-11(16)13(9)17/h2-7H,17H2,1H3,(H,18,19). The normalized spacial score (nSPS) is 10.2. The Balaban J connectivity index is 2.26. The van der Waals surface area contributed by atoms with Crippen LogP contribution in [0.5, 0.6) is 5.75 Å². The molecule has 0 aliphatic rings. The monoisotopic (exact) mass is 294 g/mol. The van der Waals surface area contributed by atoms with E-state index < -0.39 is 11.7 Å². The topological polar surface area (TPSA) is 64.3 Å². The van der Waals surface area contributed by atoms with Crippen LogP contribution < -0.4 is 15.8 Å². The van der Waals surface area contributed by atoms with Crippen molar-refractivity contribution in [3.05, 3.63) is 52.8 Å². The van der Waals surface area contributed by atoms with Gasteiger partial charge >= 0.3 is 0 Å². The average molecular weight is 295 g/mol. The molecule has 2 aromatic rings. The number of nitrogens with two attached hydrogens (primary N) is 1. The molecule has 4 nitrogen and oxygen atoms in total. The zero-order chi connectivity index (χ0) is 14.7. The van der Waals surface area contributed by atoms with E-state index in [1.807, 2.05) is 0 Å². The van der Waals surface area contributed by atoms with Crippen molar-refractivity contribution in [2.75, 3.05) is 18.2 Å². The zero-order valence-electron chi connectivity index (χ0n) is 10.6. The van der Waals surface area contributed by atoms with Crippen LogP contribution in [0.15, 0.2) is 36.4 Å². The summed E-state index contributed by atoms with van der Waals surface area (Å²) in [7, 11) is 1.47. The van der Waals surface area contributed by atoms with Crippen LogP contribution in [0.25, 0.3) is 0 Å². The van der Waals surface area contributed by atoms with Gasteiger partial charge in [-0.05, 0) is 24.3 Å². The Kier molecular flexibility index (Phi) is 4.10. The highest BCUT2D eigenvalue weighted by atomic mass is 35.5. The van der Waals surface area contributed by atoms with Gasteiger partial charge in [-0.15, -0.1) is 0 Å². The third kappa shape index (κ3) is 2.83. The van der Waals surface area contributed by atoms with Gasteiger partial charge in [-0.1, -0.05) is 17.7 Å². The van der Waals surface area contributed by atoms with E-state index in [2.05, 4.69) is 5.32 Å². The summed E-state index contributed by atoms with van der Waals surface area (Å²) in [6.07, 6.45) is 0. The molecule has 0 fully saturated rings. The smallest absolute Gasteiger partial charge is 0.257 e. The van der Waals surface area contributed by atoms with E-state index in [0.717, 1.165) is 0 Å². The van der Waals surface area contributed by atoms with Crippen LogP contribution in [0.4, 0.5) is 15.8 Å².